The number of methoxy groups -OCH3 is 1. The highest BCUT2D eigenvalue weighted by atomic mass is 16.5. The zero-order chi connectivity index (χ0) is 12.7. The van der Waals surface area contributed by atoms with E-state index in [4.69, 9.17) is 4.74 Å². The van der Waals surface area contributed by atoms with Crippen molar-refractivity contribution in [2.24, 2.45) is 0 Å². The summed E-state index contributed by atoms with van der Waals surface area (Å²) in [6.45, 7) is 3.63. The number of amides is 1. The fourth-order valence-corrected chi connectivity index (χ4v) is 2.07. The van der Waals surface area contributed by atoms with Gasteiger partial charge in [-0.05, 0) is 33.5 Å². The first-order valence-corrected chi connectivity index (χ1v) is 6.28. The van der Waals surface area contributed by atoms with Crippen LogP contribution >= 0.6 is 0 Å². The van der Waals surface area contributed by atoms with E-state index >= 15 is 0 Å². The molecule has 1 fully saturated rings. The van der Waals surface area contributed by atoms with Crippen LogP contribution in [0.3, 0.4) is 0 Å². The standard InChI is InChI=1S/C12H25N3O2/c1-14(2)10-12(16)15(7-8-17-3)9-11-5-4-6-13-11/h11,13H,4-10H2,1-3H3. The molecule has 1 atom stereocenters. The maximum atomic E-state index is 12.0. The van der Waals surface area contributed by atoms with Crippen LogP contribution in [0.1, 0.15) is 12.8 Å². The van der Waals surface area contributed by atoms with Crippen LogP contribution in [0.25, 0.3) is 0 Å². The summed E-state index contributed by atoms with van der Waals surface area (Å²) in [6.07, 6.45) is 2.38. The topological polar surface area (TPSA) is 44.8 Å². The van der Waals surface area contributed by atoms with Crippen molar-refractivity contribution in [3.8, 4) is 0 Å². The second-order valence-electron chi connectivity index (χ2n) is 4.86. The lowest BCUT2D eigenvalue weighted by Crippen LogP contribution is -2.45. The highest BCUT2D eigenvalue weighted by Crippen LogP contribution is 2.07. The molecule has 1 amide bonds. The Morgan fingerprint density at radius 1 is 1.47 bits per heavy atom. The van der Waals surface area contributed by atoms with Crippen LogP contribution in [-0.2, 0) is 9.53 Å². The van der Waals surface area contributed by atoms with Crippen LogP contribution in [0.5, 0.6) is 0 Å². The molecular weight excluding hydrogens is 218 g/mol. The van der Waals surface area contributed by atoms with Crippen molar-refractivity contribution in [3.63, 3.8) is 0 Å². The average Bonchev–Trinajstić information content (AvgIpc) is 2.75. The molecule has 0 bridgehead atoms. The molecule has 0 radical (unpaired) electrons. The van der Waals surface area contributed by atoms with Gasteiger partial charge in [0.25, 0.3) is 0 Å². The molecule has 100 valence electrons. The molecule has 1 heterocycles. The summed E-state index contributed by atoms with van der Waals surface area (Å²) in [5.74, 6) is 0.181. The van der Waals surface area contributed by atoms with Crippen molar-refractivity contribution in [3.05, 3.63) is 0 Å². The Kier molecular flexibility index (Phi) is 6.47. The number of ether oxygens (including phenoxy) is 1. The molecule has 0 saturated carbocycles. The van der Waals surface area contributed by atoms with Gasteiger partial charge in [-0.2, -0.15) is 0 Å². The quantitative estimate of drug-likeness (QED) is 0.671. The fraction of sp³-hybridized carbons (Fsp3) is 0.917. The van der Waals surface area contributed by atoms with E-state index in [1.54, 1.807) is 7.11 Å². The Balaban J connectivity index is 2.43. The highest BCUT2D eigenvalue weighted by Gasteiger charge is 2.21. The zero-order valence-corrected chi connectivity index (χ0v) is 11.2. The largest absolute Gasteiger partial charge is 0.383 e. The number of hydrogen-bond donors (Lipinski definition) is 1. The molecule has 0 aromatic heterocycles. The van der Waals surface area contributed by atoms with Crippen molar-refractivity contribution in [2.45, 2.75) is 18.9 Å². The van der Waals surface area contributed by atoms with Gasteiger partial charge in [-0.25, -0.2) is 0 Å². The minimum Gasteiger partial charge on any atom is -0.383 e. The molecule has 5 nitrogen and oxygen atoms in total. The predicted molar refractivity (Wildman–Crippen MR) is 68.0 cm³/mol. The van der Waals surface area contributed by atoms with Crippen molar-refractivity contribution >= 4 is 5.91 Å². The summed E-state index contributed by atoms with van der Waals surface area (Å²) in [7, 11) is 5.50. The second-order valence-corrected chi connectivity index (χ2v) is 4.86. The van der Waals surface area contributed by atoms with Gasteiger partial charge in [0.15, 0.2) is 0 Å². The lowest BCUT2D eigenvalue weighted by atomic mass is 10.2. The maximum Gasteiger partial charge on any atom is 0.236 e. The summed E-state index contributed by atoms with van der Waals surface area (Å²) in [5.41, 5.74) is 0. The molecule has 1 saturated heterocycles. The third kappa shape index (κ3) is 5.48. The summed E-state index contributed by atoms with van der Waals surface area (Å²) in [4.78, 5) is 15.9. The van der Waals surface area contributed by atoms with Gasteiger partial charge < -0.3 is 19.9 Å². The smallest absolute Gasteiger partial charge is 0.236 e. The van der Waals surface area contributed by atoms with Gasteiger partial charge in [0.05, 0.1) is 13.2 Å². The van der Waals surface area contributed by atoms with E-state index in [-0.39, 0.29) is 5.91 Å². The third-order valence-corrected chi connectivity index (χ3v) is 2.97. The van der Waals surface area contributed by atoms with E-state index < -0.39 is 0 Å². The number of carbonyl (C=O) groups is 1. The minimum atomic E-state index is 0.181. The summed E-state index contributed by atoms with van der Waals surface area (Å²) in [6, 6.07) is 0.456. The van der Waals surface area contributed by atoms with Crippen LogP contribution in [-0.4, -0.2) is 75.7 Å². The van der Waals surface area contributed by atoms with E-state index in [9.17, 15) is 4.79 Å². The summed E-state index contributed by atoms with van der Waals surface area (Å²) in [5, 5.41) is 3.42. The Labute approximate surface area is 104 Å². The molecule has 1 aliphatic heterocycles. The van der Waals surface area contributed by atoms with Gasteiger partial charge in [-0.1, -0.05) is 0 Å². The van der Waals surface area contributed by atoms with Gasteiger partial charge in [-0.15, -0.1) is 0 Å². The first kappa shape index (κ1) is 14.4. The molecule has 5 heteroatoms. The molecule has 1 aliphatic rings. The number of hydrogen-bond acceptors (Lipinski definition) is 4. The number of nitrogens with zero attached hydrogens (tertiary/aromatic N) is 2. The van der Waals surface area contributed by atoms with Crippen molar-refractivity contribution in [1.82, 2.24) is 15.1 Å². The molecule has 0 aromatic rings. The molecule has 1 unspecified atom stereocenters. The van der Waals surface area contributed by atoms with E-state index in [2.05, 4.69) is 5.32 Å². The van der Waals surface area contributed by atoms with Gasteiger partial charge >= 0.3 is 0 Å². The number of nitrogens with one attached hydrogen (secondary N) is 1. The Morgan fingerprint density at radius 2 is 2.24 bits per heavy atom. The molecule has 0 aromatic carbocycles. The summed E-state index contributed by atoms with van der Waals surface area (Å²) >= 11 is 0. The van der Waals surface area contributed by atoms with Crippen molar-refractivity contribution in [1.29, 1.82) is 0 Å². The van der Waals surface area contributed by atoms with Crippen molar-refractivity contribution in [2.75, 3.05) is 54.0 Å². The van der Waals surface area contributed by atoms with Crippen LogP contribution in [0.15, 0.2) is 0 Å². The first-order chi connectivity index (χ1) is 8.13. The van der Waals surface area contributed by atoms with Gasteiger partial charge in [0.1, 0.15) is 0 Å². The van der Waals surface area contributed by atoms with Gasteiger partial charge in [0, 0.05) is 26.2 Å². The van der Waals surface area contributed by atoms with Crippen LogP contribution in [0, 0.1) is 0 Å². The lowest BCUT2D eigenvalue weighted by molar-refractivity contribution is -0.132. The fourth-order valence-electron chi connectivity index (χ4n) is 2.07. The highest BCUT2D eigenvalue weighted by molar-refractivity contribution is 5.78. The van der Waals surface area contributed by atoms with E-state index in [1.807, 2.05) is 23.9 Å². The minimum absolute atomic E-state index is 0.181. The second kappa shape index (κ2) is 7.63. The van der Waals surface area contributed by atoms with E-state index in [0.717, 1.165) is 13.1 Å². The van der Waals surface area contributed by atoms with Crippen LogP contribution in [0.2, 0.25) is 0 Å². The van der Waals surface area contributed by atoms with Gasteiger partial charge in [0.2, 0.25) is 5.91 Å². The molecule has 1 rings (SSSR count). The zero-order valence-electron chi connectivity index (χ0n) is 11.2. The monoisotopic (exact) mass is 243 g/mol. The van der Waals surface area contributed by atoms with E-state index in [0.29, 0.717) is 25.7 Å². The lowest BCUT2D eigenvalue weighted by Gasteiger charge is -2.27. The molecule has 1 N–H and O–H groups in total. The summed E-state index contributed by atoms with van der Waals surface area (Å²) < 4.78 is 5.06. The molecular formula is C12H25N3O2. The van der Waals surface area contributed by atoms with Crippen LogP contribution in [0.4, 0.5) is 0 Å². The number of carbonyl (C=O) groups excluding carboxylic acids is 1. The predicted octanol–water partition coefficient (Wildman–Crippen LogP) is -0.225. The third-order valence-electron chi connectivity index (χ3n) is 2.97. The normalized spacial score (nSPS) is 19.9. The molecule has 17 heavy (non-hydrogen) atoms. The average molecular weight is 243 g/mol. The SMILES string of the molecule is COCCN(CC1CCCN1)C(=O)CN(C)C. The Bertz CT molecular complexity index is 228. The maximum absolute atomic E-state index is 12.0. The van der Waals surface area contributed by atoms with Crippen molar-refractivity contribution < 1.29 is 9.53 Å². The Morgan fingerprint density at radius 3 is 2.76 bits per heavy atom. The first-order valence-electron chi connectivity index (χ1n) is 6.28. The van der Waals surface area contributed by atoms with E-state index in [1.165, 1.54) is 12.8 Å². The number of likely N-dealkylation sites (N-methyl/N-ethyl adjacent to an activating group) is 1. The van der Waals surface area contributed by atoms with Crippen LogP contribution < -0.4 is 5.32 Å². The molecule has 0 aliphatic carbocycles. The number of rotatable bonds is 7. The molecule has 0 spiro atoms. The van der Waals surface area contributed by atoms with Gasteiger partial charge in [-0.3, -0.25) is 4.79 Å². The Hall–Kier alpha value is -0.650.